The predicted molar refractivity (Wildman–Crippen MR) is 129 cm³/mol. The summed E-state index contributed by atoms with van der Waals surface area (Å²) in [5, 5.41) is 0.404. The van der Waals surface area contributed by atoms with Gasteiger partial charge >= 0.3 is 0 Å². The molecule has 0 amide bonds. The van der Waals surface area contributed by atoms with E-state index in [1.165, 1.54) is 63.4 Å². The van der Waals surface area contributed by atoms with Gasteiger partial charge in [-0.3, -0.25) is 9.62 Å². The Kier molecular flexibility index (Phi) is 6.22. The molecule has 0 bridgehead atoms. The van der Waals surface area contributed by atoms with Gasteiger partial charge in [0, 0.05) is 24.5 Å². The first-order chi connectivity index (χ1) is 15.8. The van der Waals surface area contributed by atoms with Crippen LogP contribution < -0.4 is 9.62 Å². The van der Waals surface area contributed by atoms with Crippen LogP contribution in [-0.2, 0) is 10.0 Å². The van der Waals surface area contributed by atoms with Crippen LogP contribution in [0.2, 0.25) is 10.0 Å². The van der Waals surface area contributed by atoms with E-state index >= 15 is 0 Å². The van der Waals surface area contributed by atoms with Gasteiger partial charge < -0.3 is 4.90 Å². The van der Waals surface area contributed by atoms with Gasteiger partial charge in [-0.15, -0.1) is 0 Å². The number of nitrogens with one attached hydrogen (secondary N) is 1. The quantitative estimate of drug-likeness (QED) is 0.559. The normalized spacial score (nSPS) is 25.9. The van der Waals surface area contributed by atoms with Gasteiger partial charge in [-0.25, -0.2) is 13.4 Å². The summed E-state index contributed by atoms with van der Waals surface area (Å²) < 4.78 is 41.4. The summed E-state index contributed by atoms with van der Waals surface area (Å²) in [6.45, 7) is 4.16. The summed E-state index contributed by atoms with van der Waals surface area (Å²) in [6, 6.07) is 7.50. The van der Waals surface area contributed by atoms with E-state index in [9.17, 15) is 12.8 Å². The van der Waals surface area contributed by atoms with E-state index in [0.29, 0.717) is 11.1 Å². The topological polar surface area (TPSA) is 65.5 Å². The highest BCUT2D eigenvalue weighted by Crippen LogP contribution is 2.50. The van der Waals surface area contributed by atoms with Gasteiger partial charge in [0.05, 0.1) is 15.7 Å². The summed E-state index contributed by atoms with van der Waals surface area (Å²) in [4.78, 5) is 8.32. The molecule has 2 atom stereocenters. The molecule has 5 rings (SSSR count). The molecule has 1 spiro atoms. The second-order valence-electron chi connectivity index (χ2n) is 9.37. The molecule has 10 heteroatoms. The van der Waals surface area contributed by atoms with Crippen molar-refractivity contribution in [1.29, 1.82) is 0 Å². The third kappa shape index (κ3) is 4.43. The fourth-order valence-corrected chi connectivity index (χ4v) is 7.84. The van der Waals surface area contributed by atoms with Crippen LogP contribution in [0.5, 0.6) is 0 Å². The van der Waals surface area contributed by atoms with Gasteiger partial charge in [-0.1, -0.05) is 35.7 Å². The molecule has 2 aliphatic heterocycles. The number of likely N-dealkylation sites (tertiary alicyclic amines) is 1. The standard InChI is InChI=1S/C23H27Cl2FN4O2S/c24-16-14-19(33(31,32)28-22-7-3-6-21(26)27-22)17(25)13-18(16)30-12-9-23(15-30)8-4-5-20(23)29-10-1-2-11-29/h3,6-7,13-14,20H,1-2,4-5,8-12,15H2,(H,27,28)/t20-,23-/m0/s1. The van der Waals surface area contributed by atoms with Gasteiger partial charge in [-0.2, -0.15) is 4.39 Å². The maximum atomic E-state index is 13.4. The van der Waals surface area contributed by atoms with Crippen molar-refractivity contribution in [3.05, 3.63) is 46.3 Å². The fraction of sp³-hybridized carbons (Fsp3) is 0.522. The molecule has 3 fully saturated rings. The molecule has 2 aromatic rings. The number of nitrogens with zero attached hydrogens (tertiary/aromatic N) is 3. The second-order valence-corrected chi connectivity index (χ2v) is 11.8. The van der Waals surface area contributed by atoms with Crippen molar-refractivity contribution < 1.29 is 12.8 Å². The number of rotatable bonds is 5. The first-order valence-corrected chi connectivity index (χ1v) is 13.6. The zero-order valence-corrected chi connectivity index (χ0v) is 20.6. The molecule has 0 unspecified atom stereocenters. The maximum Gasteiger partial charge on any atom is 0.264 e. The molecule has 1 aromatic carbocycles. The average Bonchev–Trinajstić information content (AvgIpc) is 3.51. The van der Waals surface area contributed by atoms with E-state index in [1.807, 2.05) is 0 Å². The smallest absolute Gasteiger partial charge is 0.264 e. The van der Waals surface area contributed by atoms with E-state index in [2.05, 4.69) is 19.5 Å². The molecule has 3 aliphatic rings. The van der Waals surface area contributed by atoms with Crippen molar-refractivity contribution in [3.63, 3.8) is 0 Å². The zero-order valence-electron chi connectivity index (χ0n) is 18.2. The third-order valence-electron chi connectivity index (χ3n) is 7.41. The Bertz CT molecular complexity index is 1160. The van der Waals surface area contributed by atoms with Crippen molar-refractivity contribution in [2.75, 3.05) is 35.8 Å². The van der Waals surface area contributed by atoms with Crippen molar-refractivity contribution in [1.82, 2.24) is 9.88 Å². The van der Waals surface area contributed by atoms with E-state index in [1.54, 1.807) is 6.07 Å². The minimum atomic E-state index is -4.09. The lowest BCUT2D eigenvalue weighted by Crippen LogP contribution is -2.44. The number of halogens is 3. The van der Waals surface area contributed by atoms with Crippen molar-refractivity contribution in [2.45, 2.75) is 49.5 Å². The average molecular weight is 513 g/mol. The van der Waals surface area contributed by atoms with Crippen molar-refractivity contribution in [2.24, 2.45) is 5.41 Å². The minimum absolute atomic E-state index is 0.0711. The Labute approximate surface area is 204 Å². The number of anilines is 2. The summed E-state index contributed by atoms with van der Waals surface area (Å²) >= 11 is 13.0. The number of benzene rings is 1. The third-order valence-corrected chi connectivity index (χ3v) is 9.53. The largest absolute Gasteiger partial charge is 0.370 e. The highest BCUT2D eigenvalue weighted by atomic mass is 35.5. The van der Waals surface area contributed by atoms with Gasteiger partial charge in [0.2, 0.25) is 5.95 Å². The lowest BCUT2D eigenvalue weighted by Gasteiger charge is -2.38. The Morgan fingerprint density at radius 3 is 2.61 bits per heavy atom. The molecule has 33 heavy (non-hydrogen) atoms. The first kappa shape index (κ1) is 23.1. The van der Waals surface area contributed by atoms with Crippen LogP contribution in [-0.4, -0.2) is 50.5 Å². The molecule has 1 aliphatic carbocycles. The Balaban J connectivity index is 1.38. The monoisotopic (exact) mass is 512 g/mol. The van der Waals surface area contributed by atoms with Gasteiger partial charge in [0.15, 0.2) is 0 Å². The molecule has 178 valence electrons. The van der Waals surface area contributed by atoms with Crippen LogP contribution in [0.4, 0.5) is 15.9 Å². The van der Waals surface area contributed by atoms with Crippen molar-refractivity contribution in [3.8, 4) is 0 Å². The summed E-state index contributed by atoms with van der Waals surface area (Å²) in [6.07, 6.45) is 7.39. The van der Waals surface area contributed by atoms with Crippen LogP contribution in [0, 0.1) is 11.4 Å². The molecule has 1 saturated carbocycles. The Morgan fingerprint density at radius 2 is 1.85 bits per heavy atom. The van der Waals surface area contributed by atoms with E-state index < -0.39 is 16.0 Å². The summed E-state index contributed by atoms with van der Waals surface area (Å²) in [7, 11) is -4.09. The van der Waals surface area contributed by atoms with Crippen LogP contribution in [0.15, 0.2) is 35.2 Å². The SMILES string of the molecule is O=S(=O)(Nc1cccc(F)n1)c1cc(Cl)c(N2CC[C@@]3(CCC[C@@H]3N3CCCC3)C2)cc1Cl. The van der Waals surface area contributed by atoms with E-state index in [-0.39, 0.29) is 21.2 Å². The van der Waals surface area contributed by atoms with Crippen LogP contribution >= 0.6 is 23.2 Å². The van der Waals surface area contributed by atoms with Gasteiger partial charge in [-0.05, 0) is 69.5 Å². The van der Waals surface area contributed by atoms with Crippen LogP contribution in [0.1, 0.15) is 38.5 Å². The molecule has 2 saturated heterocycles. The summed E-state index contributed by atoms with van der Waals surface area (Å²) in [5.41, 5.74) is 1.02. The maximum absolute atomic E-state index is 13.4. The number of hydrogen-bond acceptors (Lipinski definition) is 5. The van der Waals surface area contributed by atoms with Crippen LogP contribution in [0.25, 0.3) is 0 Å². The first-order valence-electron chi connectivity index (χ1n) is 11.4. The van der Waals surface area contributed by atoms with E-state index in [4.69, 9.17) is 23.2 Å². The van der Waals surface area contributed by atoms with E-state index in [0.717, 1.165) is 31.3 Å². The lowest BCUT2D eigenvalue weighted by atomic mass is 9.81. The van der Waals surface area contributed by atoms with Gasteiger partial charge in [0.25, 0.3) is 10.0 Å². The number of sulfonamides is 1. The molecule has 1 N–H and O–H groups in total. The van der Waals surface area contributed by atoms with Crippen LogP contribution in [0.3, 0.4) is 0 Å². The minimum Gasteiger partial charge on any atom is -0.370 e. The Hall–Kier alpha value is -1.61. The number of hydrogen-bond donors (Lipinski definition) is 1. The molecule has 3 heterocycles. The highest BCUT2D eigenvalue weighted by Gasteiger charge is 2.50. The molecule has 1 aromatic heterocycles. The van der Waals surface area contributed by atoms with Gasteiger partial charge in [0.1, 0.15) is 10.7 Å². The van der Waals surface area contributed by atoms with Crippen molar-refractivity contribution >= 4 is 44.7 Å². The molecular weight excluding hydrogens is 486 g/mol. The molecule has 6 nitrogen and oxygen atoms in total. The second kappa shape index (κ2) is 8.87. The predicted octanol–water partition coefficient (Wildman–Crippen LogP) is 5.17. The molecular formula is C23H27Cl2FN4O2S. The fourth-order valence-electron chi connectivity index (χ4n) is 5.95. The highest BCUT2D eigenvalue weighted by molar-refractivity contribution is 7.92. The zero-order chi connectivity index (χ0) is 23.2. The Morgan fingerprint density at radius 1 is 1.06 bits per heavy atom. The number of pyridine rings is 1. The lowest BCUT2D eigenvalue weighted by molar-refractivity contribution is 0.126. The molecule has 0 radical (unpaired) electrons. The summed E-state index contributed by atoms with van der Waals surface area (Å²) in [5.74, 6) is -0.904. The number of aromatic nitrogens is 1.